The van der Waals surface area contributed by atoms with Crippen molar-refractivity contribution < 1.29 is 4.79 Å². The van der Waals surface area contributed by atoms with E-state index in [9.17, 15) is 4.79 Å². The van der Waals surface area contributed by atoms with Crippen LogP contribution in [-0.4, -0.2) is 5.91 Å². The number of carbonyl (C=O) groups excluding carboxylic acids is 1. The lowest BCUT2D eigenvalue weighted by Crippen LogP contribution is -2.26. The van der Waals surface area contributed by atoms with Crippen LogP contribution in [0.25, 0.3) is 11.1 Å². The van der Waals surface area contributed by atoms with Crippen molar-refractivity contribution in [1.82, 2.24) is 5.43 Å². The van der Waals surface area contributed by atoms with Crippen LogP contribution < -0.4 is 10.9 Å². The van der Waals surface area contributed by atoms with E-state index in [1.807, 2.05) is 30.3 Å². The minimum atomic E-state index is -0.103. The molecule has 3 heteroatoms. The van der Waals surface area contributed by atoms with Crippen molar-refractivity contribution in [2.24, 2.45) is 0 Å². The van der Waals surface area contributed by atoms with Gasteiger partial charge in [0.25, 0.3) is 0 Å². The third-order valence-electron chi connectivity index (χ3n) is 2.37. The molecule has 3 rings (SSSR count). The van der Waals surface area contributed by atoms with Crippen molar-refractivity contribution >= 4 is 11.6 Å². The molecule has 0 saturated carbocycles. The van der Waals surface area contributed by atoms with Gasteiger partial charge in [0.2, 0.25) is 5.91 Å². The molecule has 2 aliphatic carbocycles. The number of carbonyl (C=O) groups is 1. The second kappa shape index (κ2) is 5.16. The molecule has 0 bridgehead atoms. The van der Waals surface area contributed by atoms with E-state index < -0.39 is 0 Å². The van der Waals surface area contributed by atoms with E-state index in [2.05, 4.69) is 35.1 Å². The number of fused-ring (bicyclic) bond motifs is 1. The van der Waals surface area contributed by atoms with E-state index >= 15 is 0 Å². The fourth-order valence-corrected chi connectivity index (χ4v) is 1.34. The van der Waals surface area contributed by atoms with Crippen molar-refractivity contribution in [1.29, 1.82) is 0 Å². The summed E-state index contributed by atoms with van der Waals surface area (Å²) in [6.45, 7) is 1.45. The fourth-order valence-electron chi connectivity index (χ4n) is 1.34. The first kappa shape index (κ1) is 11.2. The summed E-state index contributed by atoms with van der Waals surface area (Å²) in [5.41, 5.74) is 8.95. The molecule has 0 atom stereocenters. The Labute approximate surface area is 100 Å². The Morgan fingerprint density at radius 1 is 0.882 bits per heavy atom. The van der Waals surface area contributed by atoms with Crippen LogP contribution in [0.4, 0.5) is 5.69 Å². The lowest BCUT2D eigenvalue weighted by atomic mass is 9.95. The van der Waals surface area contributed by atoms with E-state index in [0.717, 1.165) is 5.69 Å². The maximum Gasteiger partial charge on any atom is 0.235 e. The zero-order chi connectivity index (χ0) is 12.1. The molecule has 2 aliphatic rings. The number of hydrazine groups is 1. The van der Waals surface area contributed by atoms with Gasteiger partial charge in [-0.15, -0.1) is 0 Å². The number of anilines is 1. The summed E-state index contributed by atoms with van der Waals surface area (Å²) in [5, 5.41) is 0. The standard InChI is InChI=1S/C8H10N2O.C6H4/c1-7(11)9-10-8-5-3-2-4-6-8;1-2-6-4-3-5(1)6/h2-6,10H,1H3,(H,9,11);1-4H. The van der Waals surface area contributed by atoms with Crippen LogP contribution in [0.1, 0.15) is 6.92 Å². The Morgan fingerprint density at radius 3 is 1.76 bits per heavy atom. The molecule has 0 unspecified atom stereocenters. The van der Waals surface area contributed by atoms with Gasteiger partial charge in [-0.05, 0) is 23.3 Å². The van der Waals surface area contributed by atoms with Crippen molar-refractivity contribution in [3.63, 3.8) is 0 Å². The number of benzene rings is 2. The lowest BCUT2D eigenvalue weighted by Gasteiger charge is -2.10. The van der Waals surface area contributed by atoms with E-state index in [0.29, 0.717) is 0 Å². The number of nitrogens with one attached hydrogen (secondary N) is 2. The number of hydrogen-bond acceptors (Lipinski definition) is 2. The van der Waals surface area contributed by atoms with Crippen LogP contribution in [-0.2, 0) is 4.79 Å². The van der Waals surface area contributed by atoms with Crippen LogP contribution in [0.5, 0.6) is 0 Å². The van der Waals surface area contributed by atoms with Gasteiger partial charge in [0.05, 0.1) is 5.69 Å². The first-order chi connectivity index (χ1) is 8.25. The maximum absolute atomic E-state index is 10.4. The zero-order valence-electron chi connectivity index (χ0n) is 9.60. The Kier molecular flexibility index (Phi) is 3.40. The van der Waals surface area contributed by atoms with Crippen LogP contribution in [0.2, 0.25) is 0 Å². The Bertz CT molecular complexity index is 470. The molecule has 3 nitrogen and oxygen atoms in total. The molecule has 86 valence electrons. The summed E-state index contributed by atoms with van der Waals surface area (Å²) in [7, 11) is 0. The van der Waals surface area contributed by atoms with Gasteiger partial charge in [0.15, 0.2) is 0 Å². The van der Waals surface area contributed by atoms with Crippen molar-refractivity contribution in [2.45, 2.75) is 6.92 Å². The number of amides is 1. The monoisotopic (exact) mass is 226 g/mol. The lowest BCUT2D eigenvalue weighted by molar-refractivity contribution is -0.118. The minimum absolute atomic E-state index is 0.103. The van der Waals surface area contributed by atoms with Crippen LogP contribution >= 0.6 is 0 Å². The second-order valence-electron chi connectivity index (χ2n) is 3.75. The first-order valence-electron chi connectivity index (χ1n) is 5.44. The summed E-state index contributed by atoms with van der Waals surface area (Å²) >= 11 is 0. The highest BCUT2D eigenvalue weighted by molar-refractivity contribution is 5.75. The molecule has 0 radical (unpaired) electrons. The van der Waals surface area contributed by atoms with Gasteiger partial charge in [-0.2, -0.15) is 0 Å². The Morgan fingerprint density at radius 2 is 1.41 bits per heavy atom. The van der Waals surface area contributed by atoms with Crippen LogP contribution in [0, 0.1) is 0 Å². The predicted molar refractivity (Wildman–Crippen MR) is 69.3 cm³/mol. The number of hydrogen-bond donors (Lipinski definition) is 2. The largest absolute Gasteiger partial charge is 0.299 e. The summed E-state index contributed by atoms with van der Waals surface area (Å²) in [5.74, 6) is -0.103. The third kappa shape index (κ3) is 3.08. The Balaban J connectivity index is 0.000000148. The molecule has 2 N–H and O–H groups in total. The zero-order valence-corrected chi connectivity index (χ0v) is 9.60. The summed E-state index contributed by atoms with van der Waals surface area (Å²) in [6.07, 6.45) is 0. The molecule has 17 heavy (non-hydrogen) atoms. The highest BCUT2D eigenvalue weighted by Gasteiger charge is 2.03. The molecule has 0 aliphatic heterocycles. The van der Waals surface area contributed by atoms with E-state index in [1.165, 1.54) is 18.1 Å². The average Bonchev–Trinajstić information content (AvgIpc) is 2.33. The van der Waals surface area contributed by atoms with E-state index in [-0.39, 0.29) is 5.91 Å². The average molecular weight is 226 g/mol. The number of para-hydroxylation sites is 1. The van der Waals surface area contributed by atoms with Gasteiger partial charge in [0, 0.05) is 6.92 Å². The molecule has 0 aromatic heterocycles. The van der Waals surface area contributed by atoms with E-state index in [4.69, 9.17) is 0 Å². The molecule has 1 aromatic carbocycles. The molecule has 1 amide bonds. The van der Waals surface area contributed by atoms with Gasteiger partial charge in [0.1, 0.15) is 0 Å². The van der Waals surface area contributed by atoms with Crippen molar-refractivity contribution in [3.05, 3.63) is 54.6 Å². The molecule has 0 saturated heterocycles. The maximum atomic E-state index is 10.4. The summed E-state index contributed by atoms with van der Waals surface area (Å²) in [6, 6.07) is 17.9. The van der Waals surface area contributed by atoms with E-state index in [1.54, 1.807) is 0 Å². The third-order valence-corrected chi connectivity index (χ3v) is 2.37. The topological polar surface area (TPSA) is 41.1 Å². The molecular weight excluding hydrogens is 212 g/mol. The normalized spacial score (nSPS) is 9.71. The smallest absolute Gasteiger partial charge is 0.235 e. The summed E-state index contributed by atoms with van der Waals surface area (Å²) in [4.78, 5) is 10.4. The predicted octanol–water partition coefficient (Wildman–Crippen LogP) is 2.82. The molecule has 1 aromatic rings. The quantitative estimate of drug-likeness (QED) is 0.660. The minimum Gasteiger partial charge on any atom is -0.299 e. The van der Waals surface area contributed by atoms with Crippen molar-refractivity contribution in [3.8, 4) is 11.1 Å². The molecule has 0 fully saturated rings. The van der Waals surface area contributed by atoms with Gasteiger partial charge in [-0.3, -0.25) is 15.6 Å². The molecular formula is C14H14N2O. The van der Waals surface area contributed by atoms with Crippen LogP contribution in [0.3, 0.4) is 0 Å². The highest BCUT2D eigenvalue weighted by Crippen LogP contribution is 2.29. The molecule has 0 spiro atoms. The van der Waals surface area contributed by atoms with Gasteiger partial charge in [-0.1, -0.05) is 42.5 Å². The first-order valence-corrected chi connectivity index (χ1v) is 5.44. The SMILES string of the molecule is CC(=O)NNc1ccccc1.c1cc2ccc1-2. The fraction of sp³-hybridized carbons (Fsp3) is 0.0714. The van der Waals surface area contributed by atoms with Crippen LogP contribution in [0.15, 0.2) is 54.6 Å². The highest BCUT2D eigenvalue weighted by atomic mass is 16.2. The van der Waals surface area contributed by atoms with Gasteiger partial charge < -0.3 is 0 Å². The molecule has 0 heterocycles. The Hall–Kier alpha value is -2.29. The van der Waals surface area contributed by atoms with Gasteiger partial charge in [-0.25, -0.2) is 0 Å². The number of rotatable bonds is 2. The van der Waals surface area contributed by atoms with Crippen molar-refractivity contribution in [2.75, 3.05) is 5.43 Å². The summed E-state index contributed by atoms with van der Waals surface area (Å²) < 4.78 is 0. The van der Waals surface area contributed by atoms with Gasteiger partial charge >= 0.3 is 0 Å². The second-order valence-corrected chi connectivity index (χ2v) is 3.75.